The van der Waals surface area contributed by atoms with E-state index in [-0.39, 0.29) is 12.6 Å². The van der Waals surface area contributed by atoms with Crippen LogP contribution in [0.2, 0.25) is 0 Å². The van der Waals surface area contributed by atoms with Gasteiger partial charge in [-0.1, -0.05) is 0 Å². The highest BCUT2D eigenvalue weighted by atomic mass is 16.3. The van der Waals surface area contributed by atoms with Crippen LogP contribution in [0.1, 0.15) is 12.8 Å². The first-order valence-corrected chi connectivity index (χ1v) is 3.56. The molecular weight excluding hydrogens is 132 g/mol. The Morgan fingerprint density at radius 1 is 1.70 bits per heavy atom. The van der Waals surface area contributed by atoms with Crippen molar-refractivity contribution in [2.24, 2.45) is 5.84 Å². The molecule has 60 valence electrons. The van der Waals surface area contributed by atoms with Crippen molar-refractivity contribution in [3.63, 3.8) is 0 Å². The summed E-state index contributed by atoms with van der Waals surface area (Å²) in [5.41, 5.74) is 0. The van der Waals surface area contributed by atoms with Gasteiger partial charge in [-0.15, -0.1) is 0 Å². The Morgan fingerprint density at radius 2 is 2.40 bits per heavy atom. The number of rotatable bonds is 2. The van der Waals surface area contributed by atoms with E-state index in [2.05, 4.69) is 0 Å². The first-order chi connectivity index (χ1) is 4.75. The summed E-state index contributed by atoms with van der Waals surface area (Å²) in [6.45, 7) is 0.625. The molecule has 0 spiro atoms. The van der Waals surface area contributed by atoms with Crippen LogP contribution in [0.25, 0.3) is 0 Å². The first kappa shape index (κ1) is 7.94. The molecule has 1 heterocycles. The van der Waals surface area contributed by atoms with Crippen LogP contribution in [0.15, 0.2) is 0 Å². The van der Waals surface area contributed by atoms with Crippen LogP contribution in [0, 0.1) is 0 Å². The lowest BCUT2D eigenvalue weighted by Crippen LogP contribution is -2.44. The lowest BCUT2D eigenvalue weighted by atomic mass is 10.1. The normalized spacial score (nSPS) is 30.9. The molecule has 0 aromatic carbocycles. The van der Waals surface area contributed by atoms with Gasteiger partial charge in [0.2, 0.25) is 0 Å². The highest BCUT2D eigenvalue weighted by molar-refractivity contribution is 4.80. The molecule has 10 heavy (non-hydrogen) atoms. The molecule has 1 rings (SSSR count). The zero-order valence-electron chi connectivity index (χ0n) is 5.90. The summed E-state index contributed by atoms with van der Waals surface area (Å²) in [6.07, 6.45) is 1.23. The van der Waals surface area contributed by atoms with Gasteiger partial charge in [-0.25, -0.2) is 5.01 Å². The fourth-order valence-corrected chi connectivity index (χ4v) is 1.35. The first-order valence-electron chi connectivity index (χ1n) is 3.56. The third-order valence-electron chi connectivity index (χ3n) is 1.97. The molecule has 1 fully saturated rings. The Balaban J connectivity index is 2.38. The lowest BCUT2D eigenvalue weighted by molar-refractivity contribution is 0.0274. The Morgan fingerprint density at radius 3 is 2.80 bits per heavy atom. The van der Waals surface area contributed by atoms with E-state index in [1.54, 1.807) is 5.01 Å². The number of hydrogen-bond donors (Lipinski definition) is 3. The molecule has 0 aromatic heterocycles. The minimum absolute atomic E-state index is 0.0370. The fraction of sp³-hybridized carbons (Fsp3) is 1.00. The van der Waals surface area contributed by atoms with Crippen LogP contribution < -0.4 is 5.84 Å². The van der Waals surface area contributed by atoms with Crippen LogP contribution in [-0.4, -0.2) is 40.5 Å². The van der Waals surface area contributed by atoms with E-state index in [0.29, 0.717) is 0 Å². The van der Waals surface area contributed by atoms with Gasteiger partial charge >= 0.3 is 0 Å². The highest BCUT2D eigenvalue weighted by Gasteiger charge is 2.27. The van der Waals surface area contributed by atoms with Crippen molar-refractivity contribution in [2.45, 2.75) is 25.0 Å². The van der Waals surface area contributed by atoms with Crippen LogP contribution in [-0.2, 0) is 0 Å². The van der Waals surface area contributed by atoms with E-state index in [1.165, 1.54) is 0 Å². The maximum atomic E-state index is 9.16. The summed E-state index contributed by atoms with van der Waals surface area (Å²) in [5, 5.41) is 19.3. The molecular formula is C6H14N2O2. The SMILES string of the molecule is NN1CCC[C@@H]1C(O)CO. The van der Waals surface area contributed by atoms with E-state index in [1.807, 2.05) is 0 Å². The van der Waals surface area contributed by atoms with Crippen molar-refractivity contribution >= 4 is 0 Å². The Labute approximate surface area is 60.2 Å². The van der Waals surface area contributed by atoms with Gasteiger partial charge in [-0.3, -0.25) is 5.84 Å². The van der Waals surface area contributed by atoms with E-state index in [0.717, 1.165) is 19.4 Å². The quantitative estimate of drug-likeness (QED) is 0.422. The van der Waals surface area contributed by atoms with Gasteiger partial charge in [-0.2, -0.15) is 0 Å². The maximum absolute atomic E-state index is 9.16. The van der Waals surface area contributed by atoms with Crippen molar-refractivity contribution in [1.82, 2.24) is 5.01 Å². The van der Waals surface area contributed by atoms with Gasteiger partial charge in [0.25, 0.3) is 0 Å². The third-order valence-corrected chi connectivity index (χ3v) is 1.97. The van der Waals surface area contributed by atoms with Gasteiger partial charge in [0.1, 0.15) is 0 Å². The van der Waals surface area contributed by atoms with E-state index >= 15 is 0 Å². The topological polar surface area (TPSA) is 69.7 Å². The Bertz CT molecular complexity index is 110. The number of aliphatic hydroxyl groups is 2. The zero-order valence-corrected chi connectivity index (χ0v) is 5.90. The molecule has 0 radical (unpaired) electrons. The van der Waals surface area contributed by atoms with Crippen molar-refractivity contribution in [3.05, 3.63) is 0 Å². The Hall–Kier alpha value is -0.160. The standard InChI is InChI=1S/C6H14N2O2/c7-8-3-1-2-5(8)6(10)4-9/h5-6,9-10H,1-4,7H2/t5-,6?/m1/s1. The minimum atomic E-state index is -0.674. The molecule has 0 amide bonds. The average molecular weight is 146 g/mol. The van der Waals surface area contributed by atoms with Gasteiger partial charge in [0, 0.05) is 6.54 Å². The number of aliphatic hydroxyl groups excluding tert-OH is 2. The van der Waals surface area contributed by atoms with Crippen molar-refractivity contribution in [2.75, 3.05) is 13.2 Å². The third kappa shape index (κ3) is 1.46. The molecule has 2 atom stereocenters. The molecule has 4 nitrogen and oxygen atoms in total. The van der Waals surface area contributed by atoms with E-state index in [9.17, 15) is 0 Å². The largest absolute Gasteiger partial charge is 0.394 e. The molecule has 1 saturated heterocycles. The highest BCUT2D eigenvalue weighted by Crippen LogP contribution is 2.15. The predicted molar refractivity (Wildman–Crippen MR) is 37.0 cm³/mol. The lowest BCUT2D eigenvalue weighted by Gasteiger charge is -2.22. The summed E-state index contributed by atoms with van der Waals surface area (Å²) < 4.78 is 0. The van der Waals surface area contributed by atoms with Gasteiger partial charge in [-0.05, 0) is 12.8 Å². The van der Waals surface area contributed by atoms with E-state index in [4.69, 9.17) is 16.1 Å². The number of hydrazine groups is 1. The molecule has 1 aliphatic rings. The molecule has 0 aromatic rings. The number of nitrogens with zero attached hydrogens (tertiary/aromatic N) is 1. The summed E-state index contributed by atoms with van der Waals surface area (Å²) in [7, 11) is 0. The summed E-state index contributed by atoms with van der Waals surface area (Å²) >= 11 is 0. The molecule has 4 heteroatoms. The molecule has 0 aliphatic carbocycles. The summed E-state index contributed by atoms with van der Waals surface area (Å²) in [5.74, 6) is 5.52. The molecule has 0 bridgehead atoms. The molecule has 0 saturated carbocycles. The fourth-order valence-electron chi connectivity index (χ4n) is 1.35. The summed E-state index contributed by atoms with van der Waals surface area (Å²) in [6, 6.07) is -0.0370. The van der Waals surface area contributed by atoms with Crippen LogP contribution in [0.5, 0.6) is 0 Å². The zero-order chi connectivity index (χ0) is 7.56. The van der Waals surface area contributed by atoms with Crippen molar-refractivity contribution in [1.29, 1.82) is 0 Å². The Kier molecular flexibility index (Phi) is 2.62. The van der Waals surface area contributed by atoms with Crippen LogP contribution >= 0.6 is 0 Å². The number of nitrogens with two attached hydrogens (primary N) is 1. The monoisotopic (exact) mass is 146 g/mol. The predicted octanol–water partition coefficient (Wildman–Crippen LogP) is -1.32. The minimum Gasteiger partial charge on any atom is -0.394 e. The van der Waals surface area contributed by atoms with Crippen molar-refractivity contribution < 1.29 is 10.2 Å². The second kappa shape index (κ2) is 3.30. The molecule has 1 unspecified atom stereocenters. The summed E-state index contributed by atoms with van der Waals surface area (Å²) in [4.78, 5) is 0. The van der Waals surface area contributed by atoms with E-state index < -0.39 is 6.10 Å². The van der Waals surface area contributed by atoms with Crippen LogP contribution in [0.4, 0.5) is 0 Å². The van der Waals surface area contributed by atoms with Crippen molar-refractivity contribution in [3.8, 4) is 0 Å². The number of hydrogen-bond acceptors (Lipinski definition) is 4. The van der Waals surface area contributed by atoms with Gasteiger partial charge < -0.3 is 10.2 Å². The van der Waals surface area contributed by atoms with Gasteiger partial charge in [0.05, 0.1) is 18.8 Å². The molecule has 1 aliphatic heterocycles. The van der Waals surface area contributed by atoms with Crippen LogP contribution in [0.3, 0.4) is 0 Å². The second-order valence-corrected chi connectivity index (χ2v) is 2.70. The smallest absolute Gasteiger partial charge is 0.0939 e. The second-order valence-electron chi connectivity index (χ2n) is 2.70. The average Bonchev–Trinajstić information content (AvgIpc) is 2.34. The molecule has 4 N–H and O–H groups in total. The maximum Gasteiger partial charge on any atom is 0.0939 e. The van der Waals surface area contributed by atoms with Gasteiger partial charge in [0.15, 0.2) is 0 Å².